The monoisotopic (exact) mass is 179 g/mol. The minimum absolute atomic E-state index is 0.602. The van der Waals surface area contributed by atoms with Crippen LogP contribution in [0.5, 0.6) is 0 Å². The maximum atomic E-state index is 11.8. The normalized spacial score (nSPS) is 10.5. The molecule has 0 saturated carbocycles. The van der Waals surface area contributed by atoms with Crippen molar-refractivity contribution in [2.45, 2.75) is 20.0 Å². The van der Waals surface area contributed by atoms with Crippen LogP contribution in [0.15, 0.2) is 18.5 Å². The molecule has 1 aromatic rings. The van der Waals surface area contributed by atoms with Gasteiger partial charge in [0.1, 0.15) is 0 Å². The van der Waals surface area contributed by atoms with E-state index in [2.05, 4.69) is 0 Å². The third-order valence-corrected chi connectivity index (χ3v) is 1.16. The highest BCUT2D eigenvalue weighted by molar-refractivity contribution is 5.13. The molecule has 1 nitrogen and oxygen atoms in total. The van der Waals surface area contributed by atoms with Crippen molar-refractivity contribution >= 4 is 0 Å². The molecule has 0 amide bonds. The van der Waals surface area contributed by atoms with Crippen molar-refractivity contribution in [1.82, 2.24) is 4.57 Å². The smallest absolute Gasteiger partial charge is 0.357 e. The molecule has 12 heavy (non-hydrogen) atoms. The van der Waals surface area contributed by atoms with Crippen LogP contribution in [0.3, 0.4) is 0 Å². The van der Waals surface area contributed by atoms with Crippen LogP contribution in [0.25, 0.3) is 0 Å². The van der Waals surface area contributed by atoms with E-state index in [1.807, 2.05) is 13.8 Å². The summed E-state index contributed by atoms with van der Waals surface area (Å²) in [5.41, 5.74) is -0.602. The van der Waals surface area contributed by atoms with Gasteiger partial charge in [0.25, 0.3) is 0 Å². The Labute approximate surface area is 69.8 Å². The van der Waals surface area contributed by atoms with Crippen LogP contribution < -0.4 is 0 Å². The number of hydrogen-bond donors (Lipinski definition) is 0. The van der Waals surface area contributed by atoms with Gasteiger partial charge in [-0.3, -0.25) is 0 Å². The Balaban J connectivity index is 0.000000561. The topological polar surface area (TPSA) is 4.93 Å². The summed E-state index contributed by atoms with van der Waals surface area (Å²) in [7, 11) is 1.55. The molecule has 0 N–H and O–H groups in total. The van der Waals surface area contributed by atoms with Gasteiger partial charge in [0.15, 0.2) is 0 Å². The molecule has 1 heterocycles. The Kier molecular flexibility index (Phi) is 3.86. The Hall–Kier alpha value is -0.930. The quantitative estimate of drug-likeness (QED) is 0.576. The summed E-state index contributed by atoms with van der Waals surface area (Å²) in [4.78, 5) is 0. The first-order valence-electron chi connectivity index (χ1n) is 3.69. The van der Waals surface area contributed by atoms with Crippen LogP contribution in [-0.4, -0.2) is 4.57 Å². The van der Waals surface area contributed by atoms with E-state index in [1.54, 1.807) is 7.05 Å². The molecular weight excluding hydrogens is 167 g/mol. The summed E-state index contributed by atoms with van der Waals surface area (Å²) in [6.45, 7) is 4.00. The van der Waals surface area contributed by atoms with Crippen molar-refractivity contribution < 1.29 is 13.2 Å². The molecule has 0 aliphatic heterocycles. The van der Waals surface area contributed by atoms with Gasteiger partial charge in [-0.1, -0.05) is 13.8 Å². The van der Waals surface area contributed by atoms with Gasteiger partial charge in [0.2, 0.25) is 0 Å². The molecule has 0 aromatic carbocycles. The summed E-state index contributed by atoms with van der Waals surface area (Å²) >= 11 is 0. The van der Waals surface area contributed by atoms with Gasteiger partial charge >= 0.3 is 6.18 Å². The number of halogens is 3. The van der Waals surface area contributed by atoms with Crippen LogP contribution in [0.1, 0.15) is 19.4 Å². The molecule has 0 unspecified atom stereocenters. The molecule has 0 saturated heterocycles. The summed E-state index contributed by atoms with van der Waals surface area (Å²) in [5.74, 6) is 0. The van der Waals surface area contributed by atoms with E-state index >= 15 is 0 Å². The second-order valence-corrected chi connectivity index (χ2v) is 2.06. The molecule has 0 fully saturated rings. The van der Waals surface area contributed by atoms with Crippen molar-refractivity contribution in [3.8, 4) is 0 Å². The van der Waals surface area contributed by atoms with E-state index in [-0.39, 0.29) is 0 Å². The van der Waals surface area contributed by atoms with Crippen LogP contribution in [0.4, 0.5) is 13.2 Å². The molecule has 0 aliphatic carbocycles. The first-order chi connectivity index (χ1) is 5.50. The van der Waals surface area contributed by atoms with Crippen LogP contribution >= 0.6 is 0 Å². The minimum Gasteiger partial charge on any atom is -0.357 e. The molecule has 1 aromatic heterocycles. The maximum absolute atomic E-state index is 11.8. The second-order valence-electron chi connectivity index (χ2n) is 2.06. The predicted molar refractivity (Wildman–Crippen MR) is 41.8 cm³/mol. The van der Waals surface area contributed by atoms with Gasteiger partial charge < -0.3 is 4.57 Å². The molecule has 70 valence electrons. The lowest BCUT2D eigenvalue weighted by Crippen LogP contribution is -2.02. The standard InChI is InChI=1S/C6H6F3N.C2H6/c1-10-3-2-5(4-10)6(7,8)9;1-2/h2-4H,1H3;1-2H3. The average molecular weight is 179 g/mol. The van der Waals surface area contributed by atoms with Gasteiger partial charge in [0.05, 0.1) is 5.56 Å². The third kappa shape index (κ3) is 2.98. The highest BCUT2D eigenvalue weighted by Gasteiger charge is 2.30. The number of aromatic nitrogens is 1. The van der Waals surface area contributed by atoms with Gasteiger partial charge in [0, 0.05) is 19.4 Å². The van der Waals surface area contributed by atoms with Crippen molar-refractivity contribution in [1.29, 1.82) is 0 Å². The largest absolute Gasteiger partial charge is 0.417 e. The van der Waals surface area contributed by atoms with E-state index in [0.717, 1.165) is 12.3 Å². The summed E-state index contributed by atoms with van der Waals surface area (Å²) in [5, 5.41) is 0. The molecule has 0 radical (unpaired) electrons. The summed E-state index contributed by atoms with van der Waals surface area (Å²) < 4.78 is 36.7. The van der Waals surface area contributed by atoms with E-state index in [0.29, 0.717) is 0 Å². The molecule has 0 bridgehead atoms. The average Bonchev–Trinajstić information content (AvgIpc) is 2.39. The van der Waals surface area contributed by atoms with Crippen LogP contribution in [0, 0.1) is 0 Å². The third-order valence-electron chi connectivity index (χ3n) is 1.16. The number of nitrogens with zero attached hydrogens (tertiary/aromatic N) is 1. The summed E-state index contributed by atoms with van der Waals surface area (Å²) in [6, 6.07) is 1.04. The molecule has 1 rings (SSSR count). The van der Waals surface area contributed by atoms with E-state index in [4.69, 9.17) is 0 Å². The lowest BCUT2D eigenvalue weighted by Gasteiger charge is -2.00. The first-order valence-corrected chi connectivity index (χ1v) is 3.69. The zero-order valence-corrected chi connectivity index (χ0v) is 7.31. The molecule has 0 aliphatic rings. The van der Waals surface area contributed by atoms with Gasteiger partial charge in [-0.15, -0.1) is 0 Å². The Bertz CT molecular complexity index is 224. The zero-order chi connectivity index (χ0) is 9.78. The van der Waals surface area contributed by atoms with Crippen molar-refractivity contribution in [2.24, 2.45) is 7.05 Å². The predicted octanol–water partition coefficient (Wildman–Crippen LogP) is 3.07. The van der Waals surface area contributed by atoms with Gasteiger partial charge in [-0.25, -0.2) is 0 Å². The highest BCUT2D eigenvalue weighted by Crippen LogP contribution is 2.28. The fraction of sp³-hybridized carbons (Fsp3) is 0.500. The number of aryl methyl sites for hydroxylation is 1. The van der Waals surface area contributed by atoms with Crippen molar-refractivity contribution in [3.05, 3.63) is 24.0 Å². The fourth-order valence-electron chi connectivity index (χ4n) is 0.671. The number of alkyl halides is 3. The maximum Gasteiger partial charge on any atom is 0.417 e. The number of rotatable bonds is 0. The SMILES string of the molecule is CC.Cn1ccc(C(F)(F)F)c1. The fourth-order valence-corrected chi connectivity index (χ4v) is 0.671. The first kappa shape index (κ1) is 11.1. The molecule has 0 spiro atoms. The lowest BCUT2D eigenvalue weighted by molar-refractivity contribution is -0.137. The van der Waals surface area contributed by atoms with Crippen LogP contribution in [-0.2, 0) is 13.2 Å². The number of hydrogen-bond acceptors (Lipinski definition) is 0. The molecule has 4 heteroatoms. The summed E-state index contributed by atoms with van der Waals surface area (Å²) in [6.07, 6.45) is -1.80. The van der Waals surface area contributed by atoms with E-state index in [1.165, 1.54) is 10.8 Å². The Morgan fingerprint density at radius 2 is 1.75 bits per heavy atom. The Morgan fingerprint density at radius 3 is 1.92 bits per heavy atom. The van der Waals surface area contributed by atoms with E-state index < -0.39 is 11.7 Å². The second kappa shape index (κ2) is 4.18. The highest BCUT2D eigenvalue weighted by atomic mass is 19.4. The van der Waals surface area contributed by atoms with Crippen molar-refractivity contribution in [3.63, 3.8) is 0 Å². The van der Waals surface area contributed by atoms with E-state index in [9.17, 15) is 13.2 Å². The molecular formula is C8H12F3N. The Morgan fingerprint density at radius 1 is 1.25 bits per heavy atom. The lowest BCUT2D eigenvalue weighted by atomic mass is 10.3. The van der Waals surface area contributed by atoms with Crippen molar-refractivity contribution in [2.75, 3.05) is 0 Å². The molecule has 0 atom stereocenters. The minimum atomic E-state index is -4.21. The van der Waals surface area contributed by atoms with Gasteiger partial charge in [-0.05, 0) is 6.07 Å². The van der Waals surface area contributed by atoms with Crippen LogP contribution in [0.2, 0.25) is 0 Å². The van der Waals surface area contributed by atoms with Gasteiger partial charge in [-0.2, -0.15) is 13.2 Å². The zero-order valence-electron chi connectivity index (χ0n) is 7.31.